The van der Waals surface area contributed by atoms with Gasteiger partial charge in [-0.1, -0.05) is 44.6 Å². The van der Waals surface area contributed by atoms with E-state index in [1.54, 1.807) is 21.7 Å². The second-order valence-corrected chi connectivity index (χ2v) is 10.9. The predicted octanol–water partition coefficient (Wildman–Crippen LogP) is 1.20. The second kappa shape index (κ2) is 8.24. The van der Waals surface area contributed by atoms with E-state index in [1.807, 2.05) is 58.9 Å². The molecule has 33 heavy (non-hydrogen) atoms. The molecule has 4 aliphatic heterocycles. The van der Waals surface area contributed by atoms with Crippen LogP contribution in [-0.4, -0.2) is 93.6 Å². The van der Waals surface area contributed by atoms with Gasteiger partial charge in [-0.25, -0.2) is 0 Å². The number of carbonyl (C=O) groups is 3. The van der Waals surface area contributed by atoms with Gasteiger partial charge in [0.25, 0.3) is 0 Å². The molecule has 1 spiro atoms. The second-order valence-electron chi connectivity index (χ2n) is 10.9. The van der Waals surface area contributed by atoms with Gasteiger partial charge < -0.3 is 24.5 Å². The van der Waals surface area contributed by atoms with Crippen LogP contribution >= 0.6 is 0 Å². The van der Waals surface area contributed by atoms with Crippen molar-refractivity contribution in [3.63, 3.8) is 0 Å². The zero-order valence-electron chi connectivity index (χ0n) is 20.5. The van der Waals surface area contributed by atoms with Crippen molar-refractivity contribution in [2.45, 2.75) is 70.4 Å². The Labute approximate surface area is 196 Å². The Morgan fingerprint density at radius 2 is 1.85 bits per heavy atom. The average molecular weight is 460 g/mol. The van der Waals surface area contributed by atoms with Gasteiger partial charge >= 0.3 is 0 Å². The highest BCUT2D eigenvalue weighted by molar-refractivity contribution is 6.00. The van der Waals surface area contributed by atoms with Crippen LogP contribution in [0.15, 0.2) is 24.3 Å². The van der Waals surface area contributed by atoms with Crippen LogP contribution in [0.1, 0.15) is 41.0 Å². The summed E-state index contributed by atoms with van der Waals surface area (Å²) in [7, 11) is 1.72. The first-order valence-corrected chi connectivity index (χ1v) is 12.0. The van der Waals surface area contributed by atoms with E-state index >= 15 is 0 Å². The van der Waals surface area contributed by atoms with E-state index in [0.717, 1.165) is 6.42 Å². The topological polar surface area (TPSA) is 90.4 Å². The van der Waals surface area contributed by atoms with Crippen LogP contribution in [0.3, 0.4) is 0 Å². The first-order valence-electron chi connectivity index (χ1n) is 12.0. The smallest absolute Gasteiger partial charge is 0.249 e. The van der Waals surface area contributed by atoms with E-state index in [1.165, 1.54) is 0 Å². The monoisotopic (exact) mass is 459 g/mol. The lowest BCUT2D eigenvalue weighted by atomic mass is 9.77. The van der Waals surface area contributed by atoms with Crippen molar-refractivity contribution >= 4 is 17.7 Å². The molecule has 7 atom stereocenters. The highest BCUT2D eigenvalue weighted by atomic mass is 16.5. The molecular weight excluding hydrogens is 422 g/mol. The molecule has 8 heteroatoms. The van der Waals surface area contributed by atoms with Crippen molar-refractivity contribution in [2.75, 3.05) is 26.7 Å². The number of rotatable bonds is 4. The molecule has 0 aliphatic carbocycles. The van der Waals surface area contributed by atoms with Gasteiger partial charge in [0.1, 0.15) is 11.6 Å². The van der Waals surface area contributed by atoms with Crippen LogP contribution in [0.5, 0.6) is 0 Å². The third kappa shape index (κ3) is 3.44. The molecular formula is C25H37N3O5. The number of aliphatic hydroxyl groups excluding tert-OH is 1. The van der Waals surface area contributed by atoms with Crippen LogP contribution in [0, 0.1) is 17.8 Å². The molecule has 0 radical (unpaired) electrons. The van der Waals surface area contributed by atoms with Gasteiger partial charge in [0.15, 0.2) is 0 Å². The molecule has 1 N–H and O–H groups in total. The van der Waals surface area contributed by atoms with E-state index in [-0.39, 0.29) is 30.2 Å². The molecule has 0 aromatic carbocycles. The zero-order chi connectivity index (χ0) is 24.3. The summed E-state index contributed by atoms with van der Waals surface area (Å²) in [6, 6.07) is -1.47. The Hall–Kier alpha value is -2.19. The van der Waals surface area contributed by atoms with Crippen LogP contribution in [0.2, 0.25) is 0 Å². The van der Waals surface area contributed by atoms with Crippen molar-refractivity contribution in [3.8, 4) is 0 Å². The molecule has 4 heterocycles. The predicted molar refractivity (Wildman–Crippen MR) is 123 cm³/mol. The van der Waals surface area contributed by atoms with Gasteiger partial charge in [-0.3, -0.25) is 14.4 Å². The molecule has 182 valence electrons. The molecule has 1 unspecified atom stereocenters. The molecule has 0 aromatic heterocycles. The lowest BCUT2D eigenvalue weighted by molar-refractivity contribution is -0.155. The number of likely N-dealkylation sites (N-methyl/N-ethyl adjacent to an activating group) is 1. The van der Waals surface area contributed by atoms with Gasteiger partial charge in [-0.2, -0.15) is 0 Å². The molecule has 2 saturated heterocycles. The summed E-state index contributed by atoms with van der Waals surface area (Å²) in [5.41, 5.74) is -1.72. The quantitative estimate of drug-likeness (QED) is 0.638. The van der Waals surface area contributed by atoms with Crippen molar-refractivity contribution < 1.29 is 24.2 Å². The third-order valence-electron chi connectivity index (χ3n) is 7.95. The largest absolute Gasteiger partial charge is 0.394 e. The maximum absolute atomic E-state index is 14.1. The van der Waals surface area contributed by atoms with Gasteiger partial charge in [-0.15, -0.1) is 0 Å². The van der Waals surface area contributed by atoms with Crippen LogP contribution in [-0.2, 0) is 19.1 Å². The number of hydrogen-bond acceptors (Lipinski definition) is 5. The van der Waals surface area contributed by atoms with E-state index in [9.17, 15) is 19.5 Å². The fourth-order valence-electron chi connectivity index (χ4n) is 5.98. The fourth-order valence-corrected chi connectivity index (χ4v) is 5.98. The highest BCUT2D eigenvalue weighted by Gasteiger charge is 2.72. The van der Waals surface area contributed by atoms with Crippen LogP contribution in [0.4, 0.5) is 0 Å². The summed E-state index contributed by atoms with van der Waals surface area (Å²) in [6.07, 6.45) is 7.66. The van der Waals surface area contributed by atoms with Crippen LogP contribution < -0.4 is 0 Å². The Balaban J connectivity index is 1.90. The zero-order valence-corrected chi connectivity index (χ0v) is 20.5. The van der Waals surface area contributed by atoms with Gasteiger partial charge in [0, 0.05) is 25.7 Å². The van der Waals surface area contributed by atoms with Crippen molar-refractivity contribution in [3.05, 3.63) is 24.3 Å². The third-order valence-corrected chi connectivity index (χ3v) is 7.95. The normalized spacial score (nSPS) is 35.8. The molecule has 8 nitrogen and oxygen atoms in total. The number of likely N-dealkylation sites (tertiary alicyclic amines) is 1. The molecule has 0 bridgehead atoms. The number of hydrogen-bond donors (Lipinski definition) is 1. The van der Waals surface area contributed by atoms with E-state index < -0.39 is 41.2 Å². The summed E-state index contributed by atoms with van der Waals surface area (Å²) in [5, 5.41) is 10.3. The summed E-state index contributed by atoms with van der Waals surface area (Å²) in [4.78, 5) is 46.6. The molecule has 3 amide bonds. The van der Waals surface area contributed by atoms with Crippen molar-refractivity contribution in [2.24, 2.45) is 17.8 Å². The number of fused-ring (bicyclic) bond motifs is 2. The lowest BCUT2D eigenvalue weighted by Crippen LogP contribution is -2.61. The number of ether oxygens (including phenoxy) is 1. The van der Waals surface area contributed by atoms with Crippen LogP contribution in [0.25, 0.3) is 0 Å². The maximum atomic E-state index is 14.1. The Kier molecular flexibility index (Phi) is 5.98. The first kappa shape index (κ1) is 24.0. The number of amides is 3. The van der Waals surface area contributed by atoms with E-state index in [0.29, 0.717) is 13.1 Å². The Bertz CT molecular complexity index is 893. The summed E-state index contributed by atoms with van der Waals surface area (Å²) >= 11 is 0. The Morgan fingerprint density at radius 1 is 1.15 bits per heavy atom. The minimum absolute atomic E-state index is 0.0267. The average Bonchev–Trinajstić information content (AvgIpc) is 3.07. The Morgan fingerprint density at radius 3 is 2.45 bits per heavy atom. The first-order chi connectivity index (χ1) is 15.5. The summed E-state index contributed by atoms with van der Waals surface area (Å²) in [6.45, 7) is 10.5. The van der Waals surface area contributed by atoms with E-state index in [2.05, 4.69) is 0 Å². The van der Waals surface area contributed by atoms with Gasteiger partial charge in [0.2, 0.25) is 17.7 Å². The van der Waals surface area contributed by atoms with Gasteiger partial charge in [-0.05, 0) is 26.7 Å². The molecule has 4 aliphatic rings. The molecule has 2 fully saturated rings. The minimum Gasteiger partial charge on any atom is -0.394 e. The van der Waals surface area contributed by atoms with Gasteiger partial charge in [0.05, 0.1) is 30.6 Å². The SMILES string of the molecule is CC[C@H](C)[C@H](CO)N1C(=O)[C@@H]2[C@@H]3C(=O)N(C)CC=C[C@@H]3O[C@@]23C=CCN(C(C)(C)C)C(=O)C13. The molecule has 4 rings (SSSR count). The number of aliphatic hydroxyl groups is 1. The number of carbonyl (C=O) groups excluding carboxylic acids is 3. The minimum atomic E-state index is -1.25. The standard InChI is InChI=1S/C25H37N3O5/c1-7-15(2)16(14-29)28-20-23(32)27(24(3,4)5)13-9-11-25(20)19(22(28)31)18-17(33-25)10-8-12-26(6)21(18)30/h8-11,15-20,29H,7,12-14H2,1-6H3/t15-,16-,17-,18+,19-,20?,25-/m0/s1. The van der Waals surface area contributed by atoms with Crippen molar-refractivity contribution in [1.82, 2.24) is 14.7 Å². The maximum Gasteiger partial charge on any atom is 0.249 e. The lowest BCUT2D eigenvalue weighted by Gasteiger charge is -2.43. The number of nitrogens with zero attached hydrogens (tertiary/aromatic N) is 3. The fraction of sp³-hybridized carbons (Fsp3) is 0.720. The van der Waals surface area contributed by atoms with Crippen molar-refractivity contribution in [1.29, 1.82) is 0 Å². The highest BCUT2D eigenvalue weighted by Crippen LogP contribution is 2.54. The summed E-state index contributed by atoms with van der Waals surface area (Å²) in [5.74, 6) is -2.18. The summed E-state index contributed by atoms with van der Waals surface area (Å²) < 4.78 is 6.59. The van der Waals surface area contributed by atoms with E-state index in [4.69, 9.17) is 4.74 Å². The molecule has 0 saturated carbocycles. The molecule has 0 aromatic rings.